The zero-order valence-electron chi connectivity index (χ0n) is 18.6. The molecule has 0 saturated carbocycles. The summed E-state index contributed by atoms with van der Waals surface area (Å²) in [5, 5.41) is 11.0. The number of carboxylic acids is 1. The normalized spacial score (nSPS) is 22.9. The molecule has 0 unspecified atom stereocenters. The Balaban J connectivity index is 1.82. The van der Waals surface area contributed by atoms with E-state index < -0.39 is 11.6 Å². The van der Waals surface area contributed by atoms with E-state index in [0.29, 0.717) is 26.1 Å². The first kappa shape index (κ1) is 22.8. The molecule has 2 aromatic rings. The summed E-state index contributed by atoms with van der Waals surface area (Å²) in [5.41, 5.74) is 0.876. The van der Waals surface area contributed by atoms with Gasteiger partial charge in [-0.2, -0.15) is 0 Å². The number of nitrogens with zero attached hydrogens (tertiary/aromatic N) is 3. The molecule has 3 rings (SSSR count). The smallest absolute Gasteiger partial charge is 0.337 e. The predicted molar refractivity (Wildman–Crippen MR) is 120 cm³/mol. The summed E-state index contributed by atoms with van der Waals surface area (Å²) in [6.45, 7) is 13.0. The quantitative estimate of drug-likeness (QED) is 0.689. The summed E-state index contributed by atoms with van der Waals surface area (Å²) < 4.78 is 6.00. The molecule has 0 amide bonds. The van der Waals surface area contributed by atoms with E-state index in [1.807, 2.05) is 32.2 Å². The van der Waals surface area contributed by atoms with Crippen LogP contribution in [-0.2, 0) is 16.1 Å². The minimum Gasteiger partial charge on any atom is -0.479 e. The van der Waals surface area contributed by atoms with Crippen LogP contribution in [0.2, 0.25) is 0 Å². The second kappa shape index (κ2) is 9.12. The molecule has 7 heteroatoms. The Kier molecular flexibility index (Phi) is 6.95. The van der Waals surface area contributed by atoms with Gasteiger partial charge in [-0.1, -0.05) is 27.7 Å². The predicted octanol–water partition coefficient (Wildman–Crippen LogP) is 4.63. The van der Waals surface area contributed by atoms with Crippen LogP contribution in [0.1, 0.15) is 51.0 Å². The molecule has 0 bridgehead atoms. The Morgan fingerprint density at radius 3 is 2.80 bits per heavy atom. The van der Waals surface area contributed by atoms with Crippen LogP contribution in [0.3, 0.4) is 0 Å². The van der Waals surface area contributed by atoms with Gasteiger partial charge in [-0.15, -0.1) is 11.3 Å². The molecule has 1 N–H and O–H groups in total. The number of hydrogen-bond donors (Lipinski definition) is 1. The van der Waals surface area contributed by atoms with Gasteiger partial charge >= 0.3 is 5.97 Å². The topological polar surface area (TPSA) is 75.6 Å². The molecule has 0 aliphatic carbocycles. The first-order valence-electron chi connectivity index (χ1n) is 10.6. The molecule has 1 saturated heterocycles. The van der Waals surface area contributed by atoms with Gasteiger partial charge in [0.15, 0.2) is 5.60 Å². The van der Waals surface area contributed by atoms with Crippen molar-refractivity contribution in [2.45, 2.75) is 59.6 Å². The zero-order valence-corrected chi connectivity index (χ0v) is 19.5. The Labute approximate surface area is 183 Å². The van der Waals surface area contributed by atoms with Gasteiger partial charge in [0.25, 0.3) is 0 Å². The van der Waals surface area contributed by atoms with Crippen LogP contribution in [0.4, 0.5) is 0 Å². The van der Waals surface area contributed by atoms with Crippen LogP contribution < -0.4 is 0 Å². The summed E-state index contributed by atoms with van der Waals surface area (Å²) in [6, 6.07) is 4.01. The number of carbonyl (C=O) groups is 1. The SMILES string of the molecule is CCCO[C@@]1(C(=O)O)C[C@@H](C(C)(C)C)CN(Cc2cnc(-c3cc(C)ccn3)s2)C1. The van der Waals surface area contributed by atoms with Crippen LogP contribution >= 0.6 is 11.3 Å². The first-order chi connectivity index (χ1) is 14.1. The van der Waals surface area contributed by atoms with Crippen molar-refractivity contribution >= 4 is 17.3 Å². The number of aliphatic carboxylic acids is 1. The van der Waals surface area contributed by atoms with Crippen LogP contribution in [0.25, 0.3) is 10.7 Å². The van der Waals surface area contributed by atoms with Gasteiger partial charge in [0.1, 0.15) is 5.01 Å². The number of aryl methyl sites for hydroxylation is 1. The molecule has 30 heavy (non-hydrogen) atoms. The number of rotatable bonds is 7. The Morgan fingerprint density at radius 1 is 1.40 bits per heavy atom. The van der Waals surface area contributed by atoms with Crippen molar-refractivity contribution in [3.63, 3.8) is 0 Å². The van der Waals surface area contributed by atoms with Gasteiger partial charge in [0.05, 0.1) is 5.69 Å². The molecule has 1 fully saturated rings. The number of thiazole rings is 1. The lowest BCUT2D eigenvalue weighted by molar-refractivity contribution is -0.181. The molecule has 164 valence electrons. The third-order valence-electron chi connectivity index (χ3n) is 5.80. The minimum absolute atomic E-state index is 0.000704. The number of aromatic nitrogens is 2. The highest BCUT2D eigenvalue weighted by Crippen LogP contribution is 2.40. The van der Waals surface area contributed by atoms with Gasteiger partial charge < -0.3 is 9.84 Å². The monoisotopic (exact) mass is 431 g/mol. The minimum atomic E-state index is -1.15. The van der Waals surface area contributed by atoms with Crippen molar-refractivity contribution in [3.05, 3.63) is 35.0 Å². The maximum Gasteiger partial charge on any atom is 0.337 e. The molecule has 2 atom stereocenters. The molecule has 6 nitrogen and oxygen atoms in total. The van der Waals surface area contributed by atoms with E-state index in [-0.39, 0.29) is 11.3 Å². The van der Waals surface area contributed by atoms with E-state index >= 15 is 0 Å². The summed E-state index contributed by atoms with van der Waals surface area (Å²) in [5.74, 6) is -0.631. The summed E-state index contributed by atoms with van der Waals surface area (Å²) >= 11 is 1.62. The molecule has 1 aliphatic heterocycles. The molecule has 0 radical (unpaired) electrons. The fourth-order valence-electron chi connectivity index (χ4n) is 3.96. The fraction of sp³-hybridized carbons (Fsp3) is 0.609. The van der Waals surface area contributed by atoms with Crippen molar-refractivity contribution in [2.75, 3.05) is 19.7 Å². The number of ether oxygens (including phenoxy) is 1. The third-order valence-corrected chi connectivity index (χ3v) is 6.80. The van der Waals surface area contributed by atoms with E-state index in [9.17, 15) is 9.90 Å². The maximum absolute atomic E-state index is 12.3. The van der Waals surface area contributed by atoms with Crippen LogP contribution in [0.5, 0.6) is 0 Å². The van der Waals surface area contributed by atoms with Crippen molar-refractivity contribution < 1.29 is 14.6 Å². The molecule has 2 aromatic heterocycles. The van der Waals surface area contributed by atoms with E-state index in [1.54, 1.807) is 17.5 Å². The highest BCUT2D eigenvalue weighted by Gasteiger charge is 2.49. The highest BCUT2D eigenvalue weighted by atomic mass is 32.1. The molecule has 3 heterocycles. The Morgan fingerprint density at radius 2 is 2.17 bits per heavy atom. The van der Waals surface area contributed by atoms with Gasteiger partial charge in [-0.25, -0.2) is 9.78 Å². The van der Waals surface area contributed by atoms with Crippen molar-refractivity contribution in [1.82, 2.24) is 14.9 Å². The van der Waals surface area contributed by atoms with Gasteiger partial charge in [0, 0.05) is 43.5 Å². The number of likely N-dealkylation sites (tertiary alicyclic amines) is 1. The Hall–Kier alpha value is -1.83. The van der Waals surface area contributed by atoms with Gasteiger partial charge in [-0.05, 0) is 48.8 Å². The maximum atomic E-state index is 12.3. The number of piperidine rings is 1. The van der Waals surface area contributed by atoms with Crippen molar-refractivity contribution in [3.8, 4) is 10.7 Å². The Bertz CT molecular complexity index is 877. The zero-order chi connectivity index (χ0) is 21.9. The van der Waals surface area contributed by atoms with Crippen LogP contribution in [0, 0.1) is 18.3 Å². The van der Waals surface area contributed by atoms with Gasteiger partial charge in [-0.3, -0.25) is 9.88 Å². The lowest BCUT2D eigenvalue weighted by atomic mass is 9.71. The number of pyridine rings is 1. The fourth-order valence-corrected chi connectivity index (χ4v) is 4.88. The van der Waals surface area contributed by atoms with E-state index in [0.717, 1.165) is 34.1 Å². The second-order valence-electron chi connectivity index (χ2n) is 9.43. The average molecular weight is 432 g/mol. The molecule has 0 aromatic carbocycles. The van der Waals surface area contributed by atoms with E-state index in [4.69, 9.17) is 4.74 Å². The summed E-state index contributed by atoms with van der Waals surface area (Å²) in [6.07, 6.45) is 5.04. The van der Waals surface area contributed by atoms with Crippen molar-refractivity contribution in [2.24, 2.45) is 11.3 Å². The second-order valence-corrected chi connectivity index (χ2v) is 10.5. The molecular weight excluding hydrogens is 398 g/mol. The standard InChI is InChI=1S/C23H33N3O3S/c1-6-9-29-23(21(27)28)11-17(22(3,4)5)13-26(15-23)14-18-12-25-20(30-18)19-10-16(2)7-8-24-19/h7-8,10,12,17H,6,9,11,13-15H2,1-5H3,(H,27,28)/t17-,23+/m1/s1. The molecule has 1 aliphatic rings. The summed E-state index contributed by atoms with van der Waals surface area (Å²) in [7, 11) is 0. The summed E-state index contributed by atoms with van der Waals surface area (Å²) in [4.78, 5) is 24.6. The largest absolute Gasteiger partial charge is 0.479 e. The number of carboxylic acid groups (broad SMARTS) is 1. The first-order valence-corrected chi connectivity index (χ1v) is 11.4. The van der Waals surface area contributed by atoms with Crippen LogP contribution in [0.15, 0.2) is 24.5 Å². The average Bonchev–Trinajstić information content (AvgIpc) is 3.14. The highest BCUT2D eigenvalue weighted by molar-refractivity contribution is 7.14. The molecule has 0 spiro atoms. The van der Waals surface area contributed by atoms with E-state index in [2.05, 4.69) is 35.6 Å². The lowest BCUT2D eigenvalue weighted by Crippen LogP contribution is -2.59. The molecular formula is C23H33N3O3S. The van der Waals surface area contributed by atoms with Crippen LogP contribution in [-0.4, -0.2) is 51.2 Å². The van der Waals surface area contributed by atoms with Crippen molar-refractivity contribution in [1.29, 1.82) is 0 Å². The third kappa shape index (κ3) is 5.25. The number of hydrogen-bond acceptors (Lipinski definition) is 6. The van der Waals surface area contributed by atoms with E-state index in [1.165, 1.54) is 0 Å². The van der Waals surface area contributed by atoms with Gasteiger partial charge in [0.2, 0.25) is 0 Å². The lowest BCUT2D eigenvalue weighted by Gasteiger charge is -2.47.